The molecule has 0 spiro atoms. The van der Waals surface area contributed by atoms with E-state index in [0.29, 0.717) is 12.8 Å². The fourth-order valence-electron chi connectivity index (χ4n) is 8.81. The Kier molecular flexibility index (Phi) is 33.8. The van der Waals surface area contributed by atoms with Crippen LogP contribution in [0.5, 0.6) is 0 Å². The molecule has 1 amide bonds. The Bertz CT molecular complexity index is 1580. The molecule has 12 N–H and O–H groups in total. The zero-order valence-corrected chi connectivity index (χ0v) is 43.3. The number of rotatable bonds is 37. The summed E-state index contributed by atoms with van der Waals surface area (Å²) in [6, 6.07) is -0.999. The summed E-state index contributed by atoms with van der Waals surface area (Å²) in [7, 11) is 0. The second kappa shape index (κ2) is 38.1. The molecule has 3 aliphatic rings. The van der Waals surface area contributed by atoms with Crippen molar-refractivity contribution in [3.63, 3.8) is 0 Å². The molecule has 0 aromatic carbocycles. The first-order valence-corrected chi connectivity index (χ1v) is 27.0. The van der Waals surface area contributed by atoms with E-state index in [4.69, 9.17) is 28.4 Å². The average Bonchev–Trinajstić information content (AvgIpc) is 3.39. The van der Waals surface area contributed by atoms with Crippen molar-refractivity contribution >= 4 is 5.91 Å². The van der Waals surface area contributed by atoms with Crippen LogP contribution in [-0.2, 0) is 33.2 Å². The minimum Gasteiger partial charge on any atom is -0.394 e. The standard InChI is InChI=1S/C54H93NO18/c1-3-5-7-9-11-13-15-17-18-20-22-24-26-28-30-32-42(60)55-37(38(59)31-29-27-25-23-21-19-16-14-12-10-8-6-4-2)36-68-52-48(66)45(63)50(40(34-57)70-52)73-54-49(67)46(64)51(41(35-58)71-54)72-53-47(65)44(62)43(61)39(33-56)69-53/h5,7,11,13,17-18,21,23,29,31,37-41,43-54,56-59,61-67H,3-4,6,8-10,12,14-16,19-20,22,24-28,30,32-36H2,1-2H3,(H,55,60)/b7-5-,13-11-,18-17-,23-21+,31-29+. The van der Waals surface area contributed by atoms with Gasteiger partial charge in [0.2, 0.25) is 5.91 Å². The van der Waals surface area contributed by atoms with Crippen LogP contribution >= 0.6 is 0 Å². The molecule has 3 aliphatic heterocycles. The lowest BCUT2D eigenvalue weighted by Gasteiger charge is -2.48. The van der Waals surface area contributed by atoms with Gasteiger partial charge >= 0.3 is 0 Å². The highest BCUT2D eigenvalue weighted by molar-refractivity contribution is 5.76. The van der Waals surface area contributed by atoms with E-state index >= 15 is 0 Å². The second-order valence-electron chi connectivity index (χ2n) is 19.3. The van der Waals surface area contributed by atoms with Crippen molar-refractivity contribution in [2.45, 2.75) is 247 Å². The highest BCUT2D eigenvalue weighted by Gasteiger charge is 2.53. The minimum absolute atomic E-state index is 0.213. The molecule has 422 valence electrons. The van der Waals surface area contributed by atoms with Crippen molar-refractivity contribution in [2.75, 3.05) is 26.4 Å². The molecule has 3 saturated heterocycles. The average molecular weight is 1040 g/mol. The third kappa shape index (κ3) is 23.3. The van der Waals surface area contributed by atoms with Gasteiger partial charge in [0.15, 0.2) is 18.9 Å². The highest BCUT2D eigenvalue weighted by atomic mass is 16.8. The molecule has 0 aliphatic carbocycles. The van der Waals surface area contributed by atoms with Gasteiger partial charge in [-0.1, -0.05) is 132 Å². The predicted octanol–water partition coefficient (Wildman–Crippen LogP) is 2.92. The molecular weight excluding hydrogens is 951 g/mol. The SMILES string of the molecule is CC/C=C\C/C=C\C/C=C\CCCCCCCC(=O)NC(COC1OC(CO)C(OC2OC(CO)C(OC3OC(CO)C(O)C(O)C3O)C(O)C2O)C(O)C1O)C(O)/C=C/CC/C=C/CCCCCCCCC. The van der Waals surface area contributed by atoms with Crippen LogP contribution in [0.25, 0.3) is 0 Å². The Morgan fingerprint density at radius 3 is 1.53 bits per heavy atom. The Morgan fingerprint density at radius 2 is 0.959 bits per heavy atom. The van der Waals surface area contributed by atoms with E-state index in [1.807, 2.05) is 6.08 Å². The summed E-state index contributed by atoms with van der Waals surface area (Å²) in [6.07, 6.45) is 13.6. The van der Waals surface area contributed by atoms with Crippen molar-refractivity contribution in [2.24, 2.45) is 0 Å². The molecule has 73 heavy (non-hydrogen) atoms. The van der Waals surface area contributed by atoms with Crippen LogP contribution < -0.4 is 5.32 Å². The number of amides is 1. The van der Waals surface area contributed by atoms with Crippen LogP contribution in [0, 0.1) is 0 Å². The molecule has 19 heteroatoms. The third-order valence-electron chi connectivity index (χ3n) is 13.3. The van der Waals surface area contributed by atoms with E-state index in [9.17, 15) is 61.0 Å². The van der Waals surface area contributed by atoms with Gasteiger partial charge in [0.25, 0.3) is 0 Å². The van der Waals surface area contributed by atoms with Crippen LogP contribution in [0.2, 0.25) is 0 Å². The lowest BCUT2D eigenvalue weighted by molar-refractivity contribution is -0.379. The number of carbonyl (C=O) groups is 1. The maximum atomic E-state index is 13.2. The van der Waals surface area contributed by atoms with Gasteiger partial charge < -0.3 is 89.9 Å². The Labute approximate surface area is 433 Å². The van der Waals surface area contributed by atoms with Crippen LogP contribution in [0.1, 0.15) is 142 Å². The zero-order chi connectivity index (χ0) is 53.4. The van der Waals surface area contributed by atoms with Crippen molar-refractivity contribution in [3.05, 3.63) is 60.8 Å². The van der Waals surface area contributed by atoms with E-state index in [-0.39, 0.29) is 18.9 Å². The second-order valence-corrected chi connectivity index (χ2v) is 19.3. The molecule has 3 rings (SSSR count). The largest absolute Gasteiger partial charge is 0.394 e. The Balaban J connectivity index is 1.56. The first-order valence-electron chi connectivity index (χ1n) is 27.0. The molecular formula is C54H93NO18. The third-order valence-corrected chi connectivity index (χ3v) is 13.3. The number of carbonyl (C=O) groups excluding carboxylic acids is 1. The first-order chi connectivity index (χ1) is 35.3. The minimum atomic E-state index is -1.98. The quantitative estimate of drug-likeness (QED) is 0.0315. The van der Waals surface area contributed by atoms with Gasteiger partial charge in [-0.15, -0.1) is 0 Å². The number of allylic oxidation sites excluding steroid dienone is 9. The van der Waals surface area contributed by atoms with Gasteiger partial charge in [-0.3, -0.25) is 4.79 Å². The number of aliphatic hydroxyl groups is 11. The van der Waals surface area contributed by atoms with Gasteiger partial charge in [-0.2, -0.15) is 0 Å². The number of hydrogen-bond donors (Lipinski definition) is 12. The lowest BCUT2D eigenvalue weighted by atomic mass is 9.96. The van der Waals surface area contributed by atoms with Gasteiger partial charge in [0, 0.05) is 6.42 Å². The Morgan fingerprint density at radius 1 is 0.507 bits per heavy atom. The van der Waals surface area contributed by atoms with Crippen molar-refractivity contribution in [3.8, 4) is 0 Å². The van der Waals surface area contributed by atoms with E-state index in [1.54, 1.807) is 6.08 Å². The van der Waals surface area contributed by atoms with E-state index < -0.39 is 124 Å². The van der Waals surface area contributed by atoms with Gasteiger partial charge in [0.05, 0.1) is 38.6 Å². The first kappa shape index (κ1) is 64.8. The maximum absolute atomic E-state index is 13.2. The van der Waals surface area contributed by atoms with E-state index in [0.717, 1.165) is 70.6 Å². The predicted molar refractivity (Wildman–Crippen MR) is 272 cm³/mol. The lowest BCUT2D eigenvalue weighted by Crippen LogP contribution is -2.66. The molecule has 0 saturated carbocycles. The summed E-state index contributed by atoms with van der Waals surface area (Å²) in [5, 5.41) is 120. The number of unbranched alkanes of at least 4 members (excludes halogenated alkanes) is 13. The molecule has 0 bridgehead atoms. The molecule has 17 unspecified atom stereocenters. The zero-order valence-electron chi connectivity index (χ0n) is 43.3. The van der Waals surface area contributed by atoms with Crippen LogP contribution in [0.3, 0.4) is 0 Å². The number of ether oxygens (including phenoxy) is 6. The van der Waals surface area contributed by atoms with Crippen LogP contribution in [-0.4, -0.2) is 193 Å². The molecule has 19 nitrogen and oxygen atoms in total. The summed E-state index contributed by atoms with van der Waals surface area (Å²) in [5.74, 6) is -0.308. The van der Waals surface area contributed by atoms with Crippen molar-refractivity contribution < 1.29 is 89.4 Å². The molecule has 17 atom stereocenters. The molecule has 0 radical (unpaired) electrons. The smallest absolute Gasteiger partial charge is 0.220 e. The summed E-state index contributed by atoms with van der Waals surface area (Å²) in [4.78, 5) is 13.2. The fourth-order valence-corrected chi connectivity index (χ4v) is 8.81. The summed E-state index contributed by atoms with van der Waals surface area (Å²) in [6.45, 7) is 1.52. The molecule has 0 aromatic heterocycles. The number of hydrogen-bond acceptors (Lipinski definition) is 18. The van der Waals surface area contributed by atoms with Gasteiger partial charge in [0.1, 0.15) is 73.2 Å². The monoisotopic (exact) mass is 1040 g/mol. The molecule has 0 aromatic rings. The summed E-state index contributed by atoms with van der Waals surface area (Å²) < 4.78 is 34.1. The van der Waals surface area contributed by atoms with Gasteiger partial charge in [-0.05, 0) is 64.2 Å². The molecule has 3 heterocycles. The maximum Gasteiger partial charge on any atom is 0.220 e. The highest BCUT2D eigenvalue weighted by Crippen LogP contribution is 2.33. The van der Waals surface area contributed by atoms with E-state index in [2.05, 4.69) is 67.8 Å². The van der Waals surface area contributed by atoms with Gasteiger partial charge in [-0.25, -0.2) is 0 Å². The normalized spacial score (nSPS) is 32.2. The van der Waals surface area contributed by atoms with Crippen molar-refractivity contribution in [1.82, 2.24) is 5.32 Å². The summed E-state index contributed by atoms with van der Waals surface area (Å²) >= 11 is 0. The van der Waals surface area contributed by atoms with E-state index in [1.165, 1.54) is 38.5 Å². The Hall–Kier alpha value is -2.51. The topological polar surface area (TPSA) is 307 Å². The van der Waals surface area contributed by atoms with Crippen LogP contribution in [0.15, 0.2) is 60.8 Å². The van der Waals surface area contributed by atoms with Crippen molar-refractivity contribution in [1.29, 1.82) is 0 Å². The number of aliphatic hydroxyl groups excluding tert-OH is 11. The fraction of sp³-hybridized carbons (Fsp3) is 0.796. The van der Waals surface area contributed by atoms with Crippen LogP contribution in [0.4, 0.5) is 0 Å². The summed E-state index contributed by atoms with van der Waals surface area (Å²) in [5.41, 5.74) is 0. The molecule has 3 fully saturated rings. The number of nitrogens with one attached hydrogen (secondary N) is 1.